The smallest absolute Gasteiger partial charge is 0.141 e. The highest BCUT2D eigenvalue weighted by Crippen LogP contribution is 2.35. The Morgan fingerprint density at radius 3 is 2.43 bits per heavy atom. The molecule has 1 unspecified atom stereocenters. The maximum absolute atomic E-state index is 10.9. The van der Waals surface area contributed by atoms with Crippen LogP contribution in [0.3, 0.4) is 0 Å². The molecule has 2 bridgehead atoms. The van der Waals surface area contributed by atoms with Crippen LogP contribution in [-0.2, 0) is 6.42 Å². The SMILES string of the molecule is OC1(C#Cc2ccc(Cc3cccc(-c4ccccc4)c3)nn2)CN2CCC1CC2. The fraction of sp³-hybridized carbons (Fsp3) is 0.308. The van der Waals surface area contributed by atoms with Crippen LogP contribution in [-0.4, -0.2) is 45.4 Å². The zero-order chi connectivity index (χ0) is 20.4. The number of aromatic nitrogens is 2. The van der Waals surface area contributed by atoms with Crippen molar-refractivity contribution in [3.63, 3.8) is 0 Å². The Bertz CT molecular complexity index is 1080. The molecule has 1 N–H and O–H groups in total. The molecule has 4 heteroatoms. The van der Waals surface area contributed by atoms with Crippen molar-refractivity contribution in [3.05, 3.63) is 83.7 Å². The molecule has 0 aliphatic carbocycles. The van der Waals surface area contributed by atoms with E-state index >= 15 is 0 Å². The van der Waals surface area contributed by atoms with Crippen molar-refractivity contribution >= 4 is 0 Å². The Morgan fingerprint density at radius 1 is 0.933 bits per heavy atom. The second-order valence-electron chi connectivity index (χ2n) is 8.38. The summed E-state index contributed by atoms with van der Waals surface area (Å²) in [4.78, 5) is 2.30. The maximum atomic E-state index is 10.9. The predicted octanol–water partition coefficient (Wildman–Crippen LogP) is 3.54. The lowest BCUT2D eigenvalue weighted by Gasteiger charge is -2.47. The Balaban J connectivity index is 1.29. The van der Waals surface area contributed by atoms with Crippen molar-refractivity contribution in [1.29, 1.82) is 0 Å². The fourth-order valence-electron chi connectivity index (χ4n) is 4.57. The van der Waals surface area contributed by atoms with Gasteiger partial charge in [0.05, 0.1) is 5.69 Å². The molecule has 0 amide bonds. The number of rotatable bonds is 3. The highest BCUT2D eigenvalue weighted by molar-refractivity contribution is 5.64. The molecule has 2 aromatic carbocycles. The Hall–Kier alpha value is -3.00. The van der Waals surface area contributed by atoms with Crippen LogP contribution in [0.4, 0.5) is 0 Å². The second-order valence-corrected chi connectivity index (χ2v) is 8.38. The molecule has 3 aliphatic heterocycles. The van der Waals surface area contributed by atoms with E-state index in [-0.39, 0.29) is 5.92 Å². The van der Waals surface area contributed by atoms with E-state index < -0.39 is 5.60 Å². The van der Waals surface area contributed by atoms with Crippen molar-refractivity contribution in [2.75, 3.05) is 19.6 Å². The van der Waals surface area contributed by atoms with Gasteiger partial charge in [-0.3, -0.25) is 4.90 Å². The van der Waals surface area contributed by atoms with Crippen LogP contribution < -0.4 is 0 Å². The summed E-state index contributed by atoms with van der Waals surface area (Å²) >= 11 is 0. The first kappa shape index (κ1) is 19.0. The normalized spacial score (nSPS) is 24.8. The lowest BCUT2D eigenvalue weighted by atomic mass is 9.76. The zero-order valence-electron chi connectivity index (χ0n) is 17.0. The van der Waals surface area contributed by atoms with Crippen molar-refractivity contribution in [2.24, 2.45) is 5.92 Å². The third-order valence-electron chi connectivity index (χ3n) is 6.27. The van der Waals surface area contributed by atoms with Gasteiger partial charge >= 0.3 is 0 Å². The van der Waals surface area contributed by atoms with Gasteiger partial charge < -0.3 is 5.11 Å². The van der Waals surface area contributed by atoms with E-state index in [4.69, 9.17) is 0 Å². The summed E-state index contributed by atoms with van der Waals surface area (Å²) in [5.74, 6) is 6.44. The Kier molecular flexibility index (Phi) is 5.08. The van der Waals surface area contributed by atoms with Gasteiger partial charge in [0, 0.05) is 18.9 Å². The summed E-state index contributed by atoms with van der Waals surface area (Å²) in [5, 5.41) is 19.6. The minimum absolute atomic E-state index is 0.277. The molecule has 3 aliphatic rings. The van der Waals surface area contributed by atoms with Gasteiger partial charge in [-0.05, 0) is 60.7 Å². The van der Waals surface area contributed by atoms with Crippen molar-refractivity contribution in [1.82, 2.24) is 15.1 Å². The van der Waals surface area contributed by atoms with Crippen LogP contribution in [0.1, 0.15) is 29.8 Å². The van der Waals surface area contributed by atoms with Gasteiger partial charge in [-0.2, -0.15) is 5.10 Å². The first-order valence-electron chi connectivity index (χ1n) is 10.6. The summed E-state index contributed by atoms with van der Waals surface area (Å²) in [5.41, 5.74) is 4.23. The molecule has 3 aromatic rings. The fourth-order valence-corrected chi connectivity index (χ4v) is 4.57. The third-order valence-corrected chi connectivity index (χ3v) is 6.27. The monoisotopic (exact) mass is 395 g/mol. The minimum atomic E-state index is -0.908. The molecule has 3 saturated heterocycles. The van der Waals surface area contributed by atoms with Crippen LogP contribution in [0, 0.1) is 17.8 Å². The van der Waals surface area contributed by atoms with Gasteiger partial charge in [0.1, 0.15) is 11.3 Å². The van der Waals surface area contributed by atoms with Crippen molar-refractivity contribution in [3.8, 4) is 23.0 Å². The van der Waals surface area contributed by atoms with E-state index in [0.29, 0.717) is 12.2 Å². The Morgan fingerprint density at radius 2 is 1.73 bits per heavy atom. The van der Waals surface area contributed by atoms with Gasteiger partial charge in [-0.25, -0.2) is 0 Å². The van der Waals surface area contributed by atoms with Crippen LogP contribution in [0.5, 0.6) is 0 Å². The molecule has 1 atom stereocenters. The molecule has 0 saturated carbocycles. The summed E-state index contributed by atoms with van der Waals surface area (Å²) in [7, 11) is 0. The molecule has 150 valence electrons. The van der Waals surface area contributed by atoms with Gasteiger partial charge in [0.25, 0.3) is 0 Å². The predicted molar refractivity (Wildman–Crippen MR) is 118 cm³/mol. The molecule has 4 nitrogen and oxygen atoms in total. The largest absolute Gasteiger partial charge is 0.376 e. The molecule has 30 heavy (non-hydrogen) atoms. The highest BCUT2D eigenvalue weighted by Gasteiger charge is 2.44. The van der Waals surface area contributed by atoms with Gasteiger partial charge in [0.15, 0.2) is 0 Å². The number of nitrogens with zero attached hydrogens (tertiary/aromatic N) is 3. The van der Waals surface area contributed by atoms with Crippen LogP contribution in [0.2, 0.25) is 0 Å². The number of aliphatic hydroxyl groups is 1. The van der Waals surface area contributed by atoms with Gasteiger partial charge in [-0.15, -0.1) is 5.10 Å². The number of benzene rings is 2. The number of hydrogen-bond acceptors (Lipinski definition) is 4. The van der Waals surface area contributed by atoms with Crippen molar-refractivity contribution < 1.29 is 5.11 Å². The summed E-state index contributed by atoms with van der Waals surface area (Å²) in [6.07, 6.45) is 2.78. The first-order valence-corrected chi connectivity index (χ1v) is 10.6. The average molecular weight is 396 g/mol. The standard InChI is InChI=1S/C26H25N3O/c30-26(19-29-15-12-23(26)13-16-29)14-11-24-9-10-25(28-27-24)18-20-5-4-8-22(17-20)21-6-2-1-3-7-21/h1-10,17,23,30H,12-13,15-16,18-19H2. The first-order chi connectivity index (χ1) is 14.7. The number of piperidine rings is 3. The second kappa shape index (κ2) is 8.02. The molecule has 6 rings (SSSR count). The average Bonchev–Trinajstić information content (AvgIpc) is 2.80. The van der Waals surface area contributed by atoms with E-state index in [1.165, 1.54) is 16.7 Å². The molecule has 4 heterocycles. The van der Waals surface area contributed by atoms with Crippen LogP contribution in [0.25, 0.3) is 11.1 Å². The highest BCUT2D eigenvalue weighted by atomic mass is 16.3. The van der Waals surface area contributed by atoms with Crippen LogP contribution >= 0.6 is 0 Å². The maximum Gasteiger partial charge on any atom is 0.141 e. The molecular formula is C26H25N3O. The quantitative estimate of drug-likeness (QED) is 0.689. The number of hydrogen-bond donors (Lipinski definition) is 1. The topological polar surface area (TPSA) is 49.3 Å². The van der Waals surface area contributed by atoms with Gasteiger partial charge in [-0.1, -0.05) is 60.5 Å². The van der Waals surface area contributed by atoms with E-state index in [9.17, 15) is 5.11 Å². The van der Waals surface area contributed by atoms with E-state index in [2.05, 4.69) is 75.5 Å². The van der Waals surface area contributed by atoms with Gasteiger partial charge in [0.2, 0.25) is 0 Å². The van der Waals surface area contributed by atoms with E-state index in [1.807, 2.05) is 18.2 Å². The summed E-state index contributed by atoms with van der Waals surface area (Å²) in [6.45, 7) is 2.80. The number of fused-ring (bicyclic) bond motifs is 3. The van der Waals surface area contributed by atoms with E-state index in [1.54, 1.807) is 0 Å². The molecule has 1 aromatic heterocycles. The summed E-state index contributed by atoms with van der Waals surface area (Å²) in [6, 6.07) is 22.8. The zero-order valence-corrected chi connectivity index (χ0v) is 17.0. The molecule has 3 fully saturated rings. The minimum Gasteiger partial charge on any atom is -0.376 e. The third kappa shape index (κ3) is 4.00. The Labute approximate surface area is 177 Å². The lowest BCUT2D eigenvalue weighted by molar-refractivity contribution is -0.0713. The molecule has 0 spiro atoms. The van der Waals surface area contributed by atoms with E-state index in [0.717, 1.165) is 38.0 Å². The van der Waals surface area contributed by atoms with Crippen molar-refractivity contribution in [2.45, 2.75) is 24.9 Å². The van der Waals surface area contributed by atoms with Crippen LogP contribution in [0.15, 0.2) is 66.7 Å². The lowest BCUT2D eigenvalue weighted by Crippen LogP contribution is -2.58. The molecule has 0 radical (unpaired) electrons. The summed E-state index contributed by atoms with van der Waals surface area (Å²) < 4.78 is 0. The molecular weight excluding hydrogens is 370 g/mol.